The Morgan fingerprint density at radius 3 is 2.66 bits per heavy atom. The topological polar surface area (TPSA) is 74.7 Å². The summed E-state index contributed by atoms with van der Waals surface area (Å²) in [5.41, 5.74) is 3.74. The molecule has 6 nitrogen and oxygen atoms in total. The number of ether oxygens (including phenoxy) is 1. The van der Waals surface area contributed by atoms with Crippen molar-refractivity contribution < 1.29 is 14.6 Å². The number of aromatic nitrogens is 1. The summed E-state index contributed by atoms with van der Waals surface area (Å²) in [6.07, 6.45) is 2.50. The van der Waals surface area contributed by atoms with E-state index < -0.39 is 0 Å². The molecule has 4 rings (SSSR count). The van der Waals surface area contributed by atoms with Crippen LogP contribution in [-0.4, -0.2) is 47.1 Å². The fourth-order valence-corrected chi connectivity index (χ4v) is 3.97. The van der Waals surface area contributed by atoms with Crippen LogP contribution >= 0.6 is 0 Å². The number of para-hydroxylation sites is 1. The van der Waals surface area contributed by atoms with E-state index in [0.29, 0.717) is 13.0 Å². The van der Waals surface area contributed by atoms with E-state index in [9.17, 15) is 9.90 Å². The lowest BCUT2D eigenvalue weighted by atomic mass is 10.0. The van der Waals surface area contributed by atoms with E-state index in [1.165, 1.54) is 0 Å². The van der Waals surface area contributed by atoms with E-state index in [1.807, 2.05) is 60.4 Å². The number of aromatic hydroxyl groups is 1. The molecule has 1 aromatic heterocycles. The number of carbonyl (C=O) groups excluding carboxylic acids is 1. The van der Waals surface area contributed by atoms with Crippen molar-refractivity contribution in [3.8, 4) is 33.9 Å². The number of rotatable bonds is 9. The van der Waals surface area contributed by atoms with E-state index in [0.717, 1.165) is 66.4 Å². The number of benzene rings is 2. The first-order chi connectivity index (χ1) is 15.6. The van der Waals surface area contributed by atoms with Gasteiger partial charge in [-0.1, -0.05) is 18.2 Å². The Labute approximate surface area is 188 Å². The predicted octanol–water partition coefficient (Wildman–Crippen LogP) is 4.94. The van der Waals surface area contributed by atoms with E-state index in [1.54, 1.807) is 12.1 Å². The fourth-order valence-electron chi connectivity index (χ4n) is 3.97. The van der Waals surface area contributed by atoms with Crippen LogP contribution in [0.15, 0.2) is 60.7 Å². The maximum atomic E-state index is 11.8. The lowest BCUT2D eigenvalue weighted by Crippen LogP contribution is -2.27. The van der Waals surface area contributed by atoms with Gasteiger partial charge in [-0.3, -0.25) is 4.79 Å². The molecule has 0 atom stereocenters. The van der Waals surface area contributed by atoms with Crippen molar-refractivity contribution in [2.24, 2.45) is 0 Å². The van der Waals surface area contributed by atoms with Crippen molar-refractivity contribution in [2.75, 3.05) is 31.6 Å². The zero-order valence-corrected chi connectivity index (χ0v) is 18.4. The molecule has 0 saturated carbocycles. The Morgan fingerprint density at radius 1 is 1.09 bits per heavy atom. The zero-order chi connectivity index (χ0) is 22.3. The first kappa shape index (κ1) is 21.7. The second kappa shape index (κ2) is 10.2. The van der Waals surface area contributed by atoms with Gasteiger partial charge in [0.2, 0.25) is 5.91 Å². The third-order valence-corrected chi connectivity index (χ3v) is 5.57. The number of amides is 1. The molecule has 2 N–H and O–H groups in total. The second-order valence-corrected chi connectivity index (χ2v) is 7.87. The average Bonchev–Trinajstić information content (AvgIpc) is 3.22. The molecular formula is C26H29N3O3. The van der Waals surface area contributed by atoms with Gasteiger partial charge in [0, 0.05) is 37.2 Å². The van der Waals surface area contributed by atoms with E-state index >= 15 is 0 Å². The largest absolute Gasteiger partial charge is 0.508 e. The van der Waals surface area contributed by atoms with Crippen LogP contribution < -0.4 is 10.1 Å². The number of hydrogen-bond acceptors (Lipinski definition) is 5. The van der Waals surface area contributed by atoms with Crippen LogP contribution in [-0.2, 0) is 4.79 Å². The van der Waals surface area contributed by atoms with Crippen LogP contribution in [0.2, 0.25) is 0 Å². The number of carbonyl (C=O) groups is 1. The molecule has 3 aromatic rings. The minimum atomic E-state index is 0.224. The lowest BCUT2D eigenvalue weighted by Gasteiger charge is -2.16. The predicted molar refractivity (Wildman–Crippen MR) is 127 cm³/mol. The molecule has 0 bridgehead atoms. The van der Waals surface area contributed by atoms with Gasteiger partial charge >= 0.3 is 0 Å². The van der Waals surface area contributed by atoms with Crippen LogP contribution in [0.4, 0.5) is 5.82 Å². The Morgan fingerprint density at radius 2 is 1.91 bits per heavy atom. The van der Waals surface area contributed by atoms with Crippen molar-refractivity contribution in [1.29, 1.82) is 0 Å². The van der Waals surface area contributed by atoms with Gasteiger partial charge < -0.3 is 20.1 Å². The molecule has 0 spiro atoms. The summed E-state index contributed by atoms with van der Waals surface area (Å²) in [4.78, 5) is 18.6. The first-order valence-corrected chi connectivity index (χ1v) is 11.2. The zero-order valence-electron chi connectivity index (χ0n) is 18.4. The lowest BCUT2D eigenvalue weighted by molar-refractivity contribution is -0.127. The van der Waals surface area contributed by atoms with Crippen LogP contribution in [0.25, 0.3) is 22.4 Å². The number of hydrogen-bond donors (Lipinski definition) is 2. The third-order valence-electron chi connectivity index (χ3n) is 5.57. The summed E-state index contributed by atoms with van der Waals surface area (Å²) >= 11 is 0. The van der Waals surface area contributed by atoms with Gasteiger partial charge in [0.25, 0.3) is 0 Å². The fraction of sp³-hybridized carbons (Fsp3) is 0.308. The van der Waals surface area contributed by atoms with Crippen LogP contribution in [0.1, 0.15) is 26.2 Å². The molecule has 1 saturated heterocycles. The number of nitrogens with zero attached hydrogens (tertiary/aromatic N) is 2. The van der Waals surface area contributed by atoms with Gasteiger partial charge in [0.15, 0.2) is 0 Å². The highest BCUT2D eigenvalue weighted by Gasteiger charge is 2.19. The molecule has 1 amide bonds. The molecule has 6 heteroatoms. The first-order valence-electron chi connectivity index (χ1n) is 11.2. The van der Waals surface area contributed by atoms with Crippen LogP contribution in [0.5, 0.6) is 11.5 Å². The molecule has 2 aromatic carbocycles. The minimum Gasteiger partial charge on any atom is -0.508 e. The minimum absolute atomic E-state index is 0.224. The summed E-state index contributed by atoms with van der Waals surface area (Å²) in [5.74, 6) is 2.08. The Balaban J connectivity index is 1.59. The number of phenolic OH excluding ortho intramolecular Hbond substituents is 1. The van der Waals surface area contributed by atoms with Gasteiger partial charge in [-0.05, 0) is 67.8 Å². The van der Waals surface area contributed by atoms with Crippen molar-refractivity contribution in [1.82, 2.24) is 9.88 Å². The maximum Gasteiger partial charge on any atom is 0.222 e. The quantitative estimate of drug-likeness (QED) is 0.469. The molecule has 2 heterocycles. The van der Waals surface area contributed by atoms with E-state index in [-0.39, 0.29) is 11.7 Å². The second-order valence-electron chi connectivity index (χ2n) is 7.87. The highest BCUT2D eigenvalue weighted by molar-refractivity contribution is 5.78. The number of nitrogens with one attached hydrogen (secondary N) is 1. The summed E-state index contributed by atoms with van der Waals surface area (Å²) in [7, 11) is 0. The average molecular weight is 432 g/mol. The van der Waals surface area contributed by atoms with Crippen LogP contribution in [0.3, 0.4) is 0 Å². The standard InChI is InChI=1S/C26H29N3O3/c1-2-32-24-8-4-3-7-22(24)20-17-23(19-10-12-21(30)13-11-19)28-25(18-20)27-14-6-16-29-15-5-9-26(29)31/h3-4,7-8,10-13,17-18,30H,2,5-6,9,14-16H2,1H3,(H,27,28). The van der Waals surface area contributed by atoms with Crippen molar-refractivity contribution >= 4 is 11.7 Å². The van der Waals surface area contributed by atoms with Crippen molar-refractivity contribution in [3.63, 3.8) is 0 Å². The number of likely N-dealkylation sites (tertiary alicyclic amines) is 1. The van der Waals surface area contributed by atoms with Gasteiger partial charge in [0.1, 0.15) is 17.3 Å². The molecule has 0 aliphatic carbocycles. The van der Waals surface area contributed by atoms with Gasteiger partial charge in [-0.2, -0.15) is 0 Å². The van der Waals surface area contributed by atoms with Crippen molar-refractivity contribution in [3.05, 3.63) is 60.7 Å². The Hall–Kier alpha value is -3.54. The molecular weight excluding hydrogens is 402 g/mol. The normalized spacial score (nSPS) is 13.4. The highest BCUT2D eigenvalue weighted by atomic mass is 16.5. The highest BCUT2D eigenvalue weighted by Crippen LogP contribution is 2.34. The SMILES string of the molecule is CCOc1ccccc1-c1cc(NCCCN2CCCC2=O)nc(-c2ccc(O)cc2)c1. The maximum absolute atomic E-state index is 11.8. The molecule has 32 heavy (non-hydrogen) atoms. The molecule has 0 unspecified atom stereocenters. The Kier molecular flexibility index (Phi) is 6.90. The number of pyridine rings is 1. The molecule has 166 valence electrons. The van der Waals surface area contributed by atoms with Gasteiger partial charge in [-0.25, -0.2) is 4.98 Å². The van der Waals surface area contributed by atoms with Gasteiger partial charge in [0.05, 0.1) is 12.3 Å². The Bertz CT molecular complexity index is 1070. The smallest absolute Gasteiger partial charge is 0.222 e. The van der Waals surface area contributed by atoms with Gasteiger partial charge in [-0.15, -0.1) is 0 Å². The van der Waals surface area contributed by atoms with Crippen molar-refractivity contribution in [2.45, 2.75) is 26.2 Å². The van der Waals surface area contributed by atoms with Crippen LogP contribution in [0, 0.1) is 0 Å². The number of anilines is 1. The van der Waals surface area contributed by atoms with E-state index in [4.69, 9.17) is 9.72 Å². The molecule has 0 radical (unpaired) electrons. The summed E-state index contributed by atoms with van der Waals surface area (Å²) < 4.78 is 5.85. The summed E-state index contributed by atoms with van der Waals surface area (Å²) in [6.45, 7) is 4.92. The summed E-state index contributed by atoms with van der Waals surface area (Å²) in [5, 5.41) is 13.1. The number of phenols is 1. The third kappa shape index (κ3) is 5.19. The van der Waals surface area contributed by atoms with E-state index in [2.05, 4.69) is 5.32 Å². The molecule has 1 aliphatic heterocycles. The molecule has 1 fully saturated rings. The summed E-state index contributed by atoms with van der Waals surface area (Å²) in [6, 6.07) is 19.1. The molecule has 1 aliphatic rings. The monoisotopic (exact) mass is 431 g/mol.